The summed E-state index contributed by atoms with van der Waals surface area (Å²) >= 11 is 3.38. The van der Waals surface area contributed by atoms with Gasteiger partial charge in [0.05, 0.1) is 4.88 Å². The van der Waals surface area contributed by atoms with Gasteiger partial charge in [-0.2, -0.15) is 0 Å². The van der Waals surface area contributed by atoms with Crippen LogP contribution in [0, 0.1) is 0 Å². The lowest BCUT2D eigenvalue weighted by atomic mass is 10.4. The molecule has 0 atom stereocenters. The molecule has 0 saturated carbocycles. The van der Waals surface area contributed by atoms with Crippen LogP contribution in [0.25, 0.3) is 10.7 Å². The molecule has 0 aliphatic heterocycles. The van der Waals surface area contributed by atoms with Crippen LogP contribution in [-0.2, 0) is 7.05 Å². The topological polar surface area (TPSA) is 56.7 Å². The summed E-state index contributed by atoms with van der Waals surface area (Å²) in [7, 11) is 2.00. The summed E-state index contributed by atoms with van der Waals surface area (Å²) in [6.07, 6.45) is 1.01. The van der Waals surface area contributed by atoms with E-state index < -0.39 is 0 Å². The van der Waals surface area contributed by atoms with Crippen molar-refractivity contribution in [1.82, 2.24) is 14.8 Å². The molecule has 2 heterocycles. The largest absolute Gasteiger partial charge is 0.330 e. The molecule has 6 heteroatoms. The van der Waals surface area contributed by atoms with Crippen LogP contribution in [-0.4, -0.2) is 27.1 Å². The molecule has 0 amide bonds. The fourth-order valence-electron chi connectivity index (χ4n) is 1.31. The smallest absolute Gasteiger partial charge is 0.191 e. The maximum Gasteiger partial charge on any atom is 0.191 e. The fraction of sp³-hybridized carbons (Fsp3) is 0.400. The fourth-order valence-corrected chi connectivity index (χ4v) is 2.92. The van der Waals surface area contributed by atoms with Crippen molar-refractivity contribution in [2.24, 2.45) is 12.8 Å². The first-order valence-electron chi connectivity index (χ1n) is 5.09. The van der Waals surface area contributed by atoms with Crippen molar-refractivity contribution >= 4 is 23.1 Å². The second-order valence-corrected chi connectivity index (χ2v) is 5.34. The highest BCUT2D eigenvalue weighted by Gasteiger charge is 2.11. The number of thioether (sulfide) groups is 1. The monoisotopic (exact) mass is 254 g/mol. The van der Waals surface area contributed by atoms with Crippen LogP contribution in [0.1, 0.15) is 6.42 Å². The van der Waals surface area contributed by atoms with Gasteiger partial charge in [-0.05, 0) is 24.4 Å². The normalized spacial score (nSPS) is 10.9. The highest BCUT2D eigenvalue weighted by Crippen LogP contribution is 2.25. The maximum atomic E-state index is 5.46. The molecule has 0 saturated heterocycles. The molecule has 0 spiro atoms. The van der Waals surface area contributed by atoms with Crippen molar-refractivity contribution in [2.75, 3.05) is 12.3 Å². The van der Waals surface area contributed by atoms with E-state index in [1.165, 1.54) is 0 Å². The van der Waals surface area contributed by atoms with Gasteiger partial charge in [0.25, 0.3) is 0 Å². The Hall–Kier alpha value is -0.850. The molecule has 0 radical (unpaired) electrons. The number of aromatic nitrogens is 3. The van der Waals surface area contributed by atoms with Crippen molar-refractivity contribution in [1.29, 1.82) is 0 Å². The lowest BCUT2D eigenvalue weighted by Crippen LogP contribution is -2.00. The lowest BCUT2D eigenvalue weighted by molar-refractivity contribution is 0.792. The SMILES string of the molecule is Cn1c(SCCCN)nnc1-c1cccs1. The van der Waals surface area contributed by atoms with Crippen LogP contribution < -0.4 is 5.73 Å². The van der Waals surface area contributed by atoms with Crippen molar-refractivity contribution < 1.29 is 0 Å². The molecule has 0 fully saturated rings. The predicted octanol–water partition coefficient (Wildman–Crippen LogP) is 1.98. The number of hydrogen-bond acceptors (Lipinski definition) is 5. The average Bonchev–Trinajstić information content (AvgIpc) is 2.89. The summed E-state index contributed by atoms with van der Waals surface area (Å²) in [5.74, 6) is 1.93. The van der Waals surface area contributed by atoms with Gasteiger partial charge in [-0.3, -0.25) is 0 Å². The summed E-state index contributed by atoms with van der Waals surface area (Å²) in [5, 5.41) is 11.4. The van der Waals surface area contributed by atoms with Gasteiger partial charge in [0.1, 0.15) is 0 Å². The molecule has 0 aliphatic carbocycles. The number of hydrogen-bond donors (Lipinski definition) is 1. The minimum atomic E-state index is 0.725. The second-order valence-electron chi connectivity index (χ2n) is 3.33. The molecule has 2 N–H and O–H groups in total. The first kappa shape index (κ1) is 11.6. The van der Waals surface area contributed by atoms with Gasteiger partial charge in [0, 0.05) is 12.8 Å². The van der Waals surface area contributed by atoms with E-state index in [0.717, 1.165) is 34.6 Å². The zero-order valence-electron chi connectivity index (χ0n) is 9.09. The van der Waals surface area contributed by atoms with E-state index >= 15 is 0 Å². The van der Waals surface area contributed by atoms with Gasteiger partial charge in [-0.25, -0.2) is 0 Å². The molecule has 4 nitrogen and oxygen atoms in total. The van der Waals surface area contributed by atoms with Crippen LogP contribution in [0.3, 0.4) is 0 Å². The zero-order valence-corrected chi connectivity index (χ0v) is 10.7. The van der Waals surface area contributed by atoms with E-state index in [2.05, 4.69) is 16.3 Å². The highest BCUT2D eigenvalue weighted by molar-refractivity contribution is 7.99. The van der Waals surface area contributed by atoms with Crippen LogP contribution in [0.5, 0.6) is 0 Å². The predicted molar refractivity (Wildman–Crippen MR) is 68.7 cm³/mol. The molecule has 0 aliphatic rings. The number of rotatable bonds is 5. The number of thiophene rings is 1. The Morgan fingerprint density at radius 3 is 3.06 bits per heavy atom. The average molecular weight is 254 g/mol. The van der Waals surface area contributed by atoms with Crippen LogP contribution in [0.4, 0.5) is 0 Å². The van der Waals surface area contributed by atoms with Gasteiger partial charge in [0.15, 0.2) is 11.0 Å². The third kappa shape index (κ3) is 2.45. The summed E-state index contributed by atoms with van der Waals surface area (Å²) in [6, 6.07) is 4.08. The lowest BCUT2D eigenvalue weighted by Gasteiger charge is -2.01. The van der Waals surface area contributed by atoms with Crippen molar-refractivity contribution in [2.45, 2.75) is 11.6 Å². The maximum absolute atomic E-state index is 5.46. The van der Waals surface area contributed by atoms with E-state index in [4.69, 9.17) is 5.73 Å². The van der Waals surface area contributed by atoms with Crippen molar-refractivity contribution in [3.05, 3.63) is 17.5 Å². The summed E-state index contributed by atoms with van der Waals surface area (Å²) in [5.41, 5.74) is 5.46. The van der Waals surface area contributed by atoms with Gasteiger partial charge in [-0.15, -0.1) is 21.5 Å². The van der Waals surface area contributed by atoms with Crippen LogP contribution in [0.15, 0.2) is 22.7 Å². The first-order chi connectivity index (χ1) is 7.83. The Kier molecular flexibility index (Phi) is 3.98. The number of nitrogens with two attached hydrogens (primary N) is 1. The van der Waals surface area contributed by atoms with E-state index in [1.54, 1.807) is 23.1 Å². The van der Waals surface area contributed by atoms with Crippen molar-refractivity contribution in [3.8, 4) is 10.7 Å². The molecular formula is C10H14N4S2. The second kappa shape index (κ2) is 5.47. The van der Waals surface area contributed by atoms with E-state index in [-0.39, 0.29) is 0 Å². The standard InChI is InChI=1S/C10H14N4S2/c1-14-9(8-4-2-6-15-8)12-13-10(14)16-7-3-5-11/h2,4,6H,3,5,7,11H2,1H3. The van der Waals surface area contributed by atoms with Crippen molar-refractivity contribution in [3.63, 3.8) is 0 Å². The van der Waals surface area contributed by atoms with E-state index in [0.29, 0.717) is 0 Å². The Morgan fingerprint density at radius 1 is 1.50 bits per heavy atom. The third-order valence-electron chi connectivity index (χ3n) is 2.16. The highest BCUT2D eigenvalue weighted by atomic mass is 32.2. The summed E-state index contributed by atoms with van der Waals surface area (Å²) in [4.78, 5) is 1.15. The molecular weight excluding hydrogens is 240 g/mol. The summed E-state index contributed by atoms with van der Waals surface area (Å²) in [6.45, 7) is 0.725. The molecule has 2 rings (SSSR count). The third-order valence-corrected chi connectivity index (χ3v) is 4.13. The molecule has 86 valence electrons. The van der Waals surface area contributed by atoms with Gasteiger partial charge in [0.2, 0.25) is 0 Å². The van der Waals surface area contributed by atoms with Crippen LogP contribution >= 0.6 is 23.1 Å². The summed E-state index contributed by atoms with van der Waals surface area (Å²) < 4.78 is 2.03. The molecule has 0 aromatic carbocycles. The molecule has 16 heavy (non-hydrogen) atoms. The Labute approximate surface area is 103 Å². The minimum Gasteiger partial charge on any atom is -0.330 e. The molecule has 2 aromatic heterocycles. The van der Waals surface area contributed by atoms with E-state index in [9.17, 15) is 0 Å². The Balaban J connectivity index is 2.12. The van der Waals surface area contributed by atoms with Gasteiger partial charge in [-0.1, -0.05) is 17.8 Å². The van der Waals surface area contributed by atoms with E-state index in [1.807, 2.05) is 23.1 Å². The molecule has 2 aromatic rings. The van der Waals surface area contributed by atoms with Gasteiger partial charge < -0.3 is 10.3 Å². The van der Waals surface area contributed by atoms with Crippen LogP contribution in [0.2, 0.25) is 0 Å². The number of nitrogens with zero attached hydrogens (tertiary/aromatic N) is 3. The quantitative estimate of drug-likeness (QED) is 0.655. The molecule has 0 bridgehead atoms. The Morgan fingerprint density at radius 2 is 2.38 bits per heavy atom. The minimum absolute atomic E-state index is 0.725. The van der Waals surface area contributed by atoms with Gasteiger partial charge >= 0.3 is 0 Å². The molecule has 0 unspecified atom stereocenters. The zero-order chi connectivity index (χ0) is 11.4. The Bertz CT molecular complexity index is 436. The first-order valence-corrected chi connectivity index (χ1v) is 6.95.